The predicted octanol–water partition coefficient (Wildman–Crippen LogP) is 0.524. The third-order valence-electron chi connectivity index (χ3n) is 2.32. The van der Waals surface area contributed by atoms with Gasteiger partial charge in [0.2, 0.25) is 12.4 Å². The zero-order chi connectivity index (χ0) is 10.7. The van der Waals surface area contributed by atoms with Crippen LogP contribution in [0.1, 0.15) is 0 Å². The molecule has 0 aromatic carbocycles. The molecule has 0 N–H and O–H groups in total. The summed E-state index contributed by atoms with van der Waals surface area (Å²) in [5.41, 5.74) is 2.39. The van der Waals surface area contributed by atoms with E-state index >= 15 is 0 Å². The first-order valence-electron chi connectivity index (χ1n) is 4.81. The van der Waals surface area contributed by atoms with Gasteiger partial charge >= 0.3 is 0 Å². The van der Waals surface area contributed by atoms with Crippen molar-refractivity contribution in [2.75, 3.05) is 7.11 Å². The molecular weight excluding hydrogens is 188 g/mol. The summed E-state index contributed by atoms with van der Waals surface area (Å²) in [7, 11) is 3.65. The largest absolute Gasteiger partial charge is 0.275 e. The molecule has 0 unspecified atom stereocenters. The van der Waals surface area contributed by atoms with E-state index in [0.29, 0.717) is 0 Å². The van der Waals surface area contributed by atoms with Gasteiger partial charge in [0, 0.05) is 29.0 Å². The highest BCUT2D eigenvalue weighted by molar-refractivity contribution is 5.60. The van der Waals surface area contributed by atoms with E-state index in [9.17, 15) is 0 Å². The molecule has 2 aromatic rings. The van der Waals surface area contributed by atoms with Crippen LogP contribution in [-0.4, -0.2) is 7.11 Å². The van der Waals surface area contributed by atoms with Gasteiger partial charge in [-0.3, -0.25) is 4.84 Å². The lowest BCUT2D eigenvalue weighted by atomic mass is 10.1. The minimum absolute atomic E-state index is 1.18. The van der Waals surface area contributed by atoms with Crippen molar-refractivity contribution >= 4 is 0 Å². The predicted molar refractivity (Wildman–Crippen MR) is 55.8 cm³/mol. The third kappa shape index (κ3) is 2.13. The Hall–Kier alpha value is -1.90. The van der Waals surface area contributed by atoms with E-state index in [4.69, 9.17) is 4.84 Å². The first-order valence-corrected chi connectivity index (χ1v) is 4.81. The van der Waals surface area contributed by atoms with Crippen LogP contribution in [-0.2, 0) is 7.05 Å². The Labute approximate surface area is 89.1 Å². The lowest BCUT2D eigenvalue weighted by molar-refractivity contribution is -0.885. The molecular formula is C12H14N2O+2. The number of rotatable bonds is 2. The summed E-state index contributed by atoms with van der Waals surface area (Å²) in [6, 6.07) is 8.23. The molecule has 2 rings (SSSR count). The van der Waals surface area contributed by atoms with E-state index in [1.54, 1.807) is 11.8 Å². The van der Waals surface area contributed by atoms with E-state index < -0.39 is 0 Å². The van der Waals surface area contributed by atoms with Gasteiger partial charge in [-0.1, -0.05) is 0 Å². The number of aromatic nitrogens is 2. The van der Waals surface area contributed by atoms with E-state index in [2.05, 4.69) is 12.1 Å². The number of hydrogen-bond acceptors (Lipinski definition) is 1. The first kappa shape index (κ1) is 9.65. The molecule has 0 amide bonds. The molecule has 15 heavy (non-hydrogen) atoms. The SMILES string of the molecule is CO[n+]1ccc(-c2cc[n+](C)cc2)cc1. The number of aryl methyl sites for hydroxylation is 1. The summed E-state index contributed by atoms with van der Waals surface area (Å²) in [4.78, 5) is 5.04. The van der Waals surface area contributed by atoms with Gasteiger partial charge in [0.25, 0.3) is 0 Å². The molecule has 0 aliphatic carbocycles. The molecule has 0 aliphatic rings. The van der Waals surface area contributed by atoms with E-state index in [1.165, 1.54) is 11.1 Å². The van der Waals surface area contributed by atoms with Gasteiger partial charge in [0.15, 0.2) is 12.4 Å². The minimum Gasteiger partial charge on any atom is -0.275 e. The summed E-state index contributed by atoms with van der Waals surface area (Å²) in [6.07, 6.45) is 7.85. The second-order valence-electron chi connectivity index (χ2n) is 3.38. The van der Waals surface area contributed by atoms with Gasteiger partial charge in [-0.05, 0) is 11.1 Å². The Morgan fingerprint density at radius 1 is 0.867 bits per heavy atom. The average molecular weight is 202 g/mol. The summed E-state index contributed by atoms with van der Waals surface area (Å²) in [5, 5.41) is 0. The van der Waals surface area contributed by atoms with Crippen molar-refractivity contribution in [1.29, 1.82) is 0 Å². The summed E-state index contributed by atoms with van der Waals surface area (Å²) in [6.45, 7) is 0. The topological polar surface area (TPSA) is 17.0 Å². The highest BCUT2D eigenvalue weighted by atomic mass is 16.6. The average Bonchev–Trinajstić information content (AvgIpc) is 2.30. The van der Waals surface area contributed by atoms with Crippen LogP contribution in [0.3, 0.4) is 0 Å². The lowest BCUT2D eigenvalue weighted by Crippen LogP contribution is -2.39. The number of pyridine rings is 2. The molecule has 76 valence electrons. The van der Waals surface area contributed by atoms with Crippen molar-refractivity contribution in [2.45, 2.75) is 0 Å². The van der Waals surface area contributed by atoms with Crippen molar-refractivity contribution in [2.24, 2.45) is 7.05 Å². The summed E-state index contributed by atoms with van der Waals surface area (Å²) in [5.74, 6) is 0. The highest BCUT2D eigenvalue weighted by Crippen LogP contribution is 2.14. The Kier molecular flexibility index (Phi) is 2.63. The van der Waals surface area contributed by atoms with Crippen LogP contribution in [0.4, 0.5) is 0 Å². The Morgan fingerprint density at radius 2 is 1.33 bits per heavy atom. The maximum absolute atomic E-state index is 5.04. The molecule has 0 bridgehead atoms. The van der Waals surface area contributed by atoms with Crippen LogP contribution < -0.4 is 14.1 Å². The second-order valence-corrected chi connectivity index (χ2v) is 3.38. The molecule has 0 saturated heterocycles. The zero-order valence-corrected chi connectivity index (χ0v) is 8.92. The van der Waals surface area contributed by atoms with Gasteiger partial charge in [-0.15, -0.1) is 0 Å². The summed E-state index contributed by atoms with van der Waals surface area (Å²) >= 11 is 0. The molecule has 2 heterocycles. The van der Waals surface area contributed by atoms with Gasteiger partial charge in [-0.2, -0.15) is 0 Å². The zero-order valence-electron chi connectivity index (χ0n) is 8.92. The van der Waals surface area contributed by atoms with Crippen molar-refractivity contribution < 1.29 is 14.1 Å². The van der Waals surface area contributed by atoms with Crippen LogP contribution in [0.2, 0.25) is 0 Å². The van der Waals surface area contributed by atoms with Crippen LogP contribution in [0.15, 0.2) is 49.1 Å². The van der Waals surface area contributed by atoms with Crippen molar-refractivity contribution in [3.63, 3.8) is 0 Å². The molecule has 0 saturated carbocycles. The van der Waals surface area contributed by atoms with Crippen LogP contribution in [0.5, 0.6) is 0 Å². The lowest BCUT2D eigenvalue weighted by Gasteiger charge is -1.97. The van der Waals surface area contributed by atoms with Crippen LogP contribution in [0, 0.1) is 0 Å². The van der Waals surface area contributed by atoms with Crippen molar-refractivity contribution in [1.82, 2.24) is 0 Å². The van der Waals surface area contributed by atoms with E-state index in [0.717, 1.165) is 0 Å². The van der Waals surface area contributed by atoms with Gasteiger partial charge in [0.1, 0.15) is 14.2 Å². The molecule has 0 spiro atoms. The van der Waals surface area contributed by atoms with Crippen molar-refractivity contribution in [3.05, 3.63) is 49.1 Å². The van der Waals surface area contributed by atoms with Gasteiger partial charge in [-0.25, -0.2) is 4.57 Å². The molecule has 0 radical (unpaired) electrons. The molecule has 2 aromatic heterocycles. The quantitative estimate of drug-likeness (QED) is 0.649. The fourth-order valence-corrected chi connectivity index (χ4v) is 1.42. The highest BCUT2D eigenvalue weighted by Gasteiger charge is 2.03. The summed E-state index contributed by atoms with van der Waals surface area (Å²) < 4.78 is 3.67. The molecule has 0 aliphatic heterocycles. The molecule has 0 fully saturated rings. The molecule has 0 atom stereocenters. The Morgan fingerprint density at radius 3 is 1.80 bits per heavy atom. The standard InChI is InChI=1S/C12H14N2O/c1-13-7-3-11(4-8-13)12-5-9-14(15-2)10-6-12/h3-10H,1-2H3/q+2. The maximum Gasteiger partial charge on any atom is 0.223 e. The second kappa shape index (κ2) is 4.09. The number of hydrogen-bond donors (Lipinski definition) is 0. The molecule has 3 heteroatoms. The monoisotopic (exact) mass is 202 g/mol. The fourth-order valence-electron chi connectivity index (χ4n) is 1.42. The third-order valence-corrected chi connectivity index (χ3v) is 2.32. The smallest absolute Gasteiger partial charge is 0.223 e. The Balaban J connectivity index is 2.33. The van der Waals surface area contributed by atoms with Crippen LogP contribution in [0.25, 0.3) is 11.1 Å². The Bertz CT molecular complexity index is 434. The fraction of sp³-hybridized carbons (Fsp3) is 0.167. The first-order chi connectivity index (χ1) is 7.29. The van der Waals surface area contributed by atoms with Crippen molar-refractivity contribution in [3.8, 4) is 11.1 Å². The molecule has 3 nitrogen and oxygen atoms in total. The van der Waals surface area contributed by atoms with E-state index in [1.807, 2.05) is 48.5 Å². The van der Waals surface area contributed by atoms with E-state index in [-0.39, 0.29) is 0 Å². The normalized spacial score (nSPS) is 10.0. The number of nitrogens with zero attached hydrogens (tertiary/aromatic N) is 2. The minimum atomic E-state index is 1.18. The van der Waals surface area contributed by atoms with Gasteiger partial charge < -0.3 is 0 Å². The van der Waals surface area contributed by atoms with Crippen LogP contribution >= 0.6 is 0 Å². The maximum atomic E-state index is 5.04. The van der Waals surface area contributed by atoms with Gasteiger partial charge in [0.05, 0.1) is 0 Å².